The fraction of sp³-hybridized carbons (Fsp3) is 0.353. The first-order chi connectivity index (χ1) is 12.3. The second kappa shape index (κ2) is 6.36. The summed E-state index contributed by atoms with van der Waals surface area (Å²) in [5.74, 6) is -0.218. The van der Waals surface area contributed by atoms with Crippen LogP contribution in [-0.4, -0.2) is 45.2 Å². The molecule has 8 nitrogen and oxygen atoms in total. The van der Waals surface area contributed by atoms with E-state index in [1.165, 1.54) is 0 Å². The van der Waals surface area contributed by atoms with Crippen LogP contribution in [0.4, 0.5) is 5.69 Å². The lowest BCUT2D eigenvalue weighted by Crippen LogP contribution is -2.47. The number of hydrogen-bond donors (Lipinski definition) is 2. The van der Waals surface area contributed by atoms with Crippen molar-refractivity contribution in [3.63, 3.8) is 0 Å². The highest BCUT2D eigenvalue weighted by Crippen LogP contribution is 2.31. The topological polar surface area (TPSA) is 111 Å². The maximum absolute atomic E-state index is 11.7. The van der Waals surface area contributed by atoms with Gasteiger partial charge in [0.15, 0.2) is 5.65 Å². The first-order valence-corrected chi connectivity index (χ1v) is 8.25. The molecular formula is C17H17N7O. The third kappa shape index (κ3) is 2.85. The van der Waals surface area contributed by atoms with Crippen LogP contribution in [0.25, 0.3) is 21.9 Å². The first kappa shape index (κ1) is 15.3. The van der Waals surface area contributed by atoms with Gasteiger partial charge in [-0.25, -0.2) is 0 Å². The van der Waals surface area contributed by atoms with Gasteiger partial charge < -0.3 is 15.2 Å². The highest BCUT2D eigenvalue weighted by Gasteiger charge is 2.24. The van der Waals surface area contributed by atoms with Gasteiger partial charge in [-0.15, -0.1) is 10.2 Å². The number of carbonyl (C=O) groups is 1. The number of piperidine rings is 1. The molecule has 0 saturated carbocycles. The van der Waals surface area contributed by atoms with E-state index in [0.717, 1.165) is 47.0 Å². The molecule has 8 heteroatoms. The van der Waals surface area contributed by atoms with E-state index >= 15 is 0 Å². The molecule has 0 aliphatic carbocycles. The molecule has 4 rings (SSSR count). The Labute approximate surface area is 143 Å². The minimum Gasteiger partial charge on any atom is -0.368 e. The molecule has 1 aliphatic rings. The molecule has 1 amide bonds. The number of rotatable bonds is 3. The number of hydrogen-bond acceptors (Lipinski definition) is 6. The summed E-state index contributed by atoms with van der Waals surface area (Å²) in [7, 11) is 0. The number of carbonyl (C=O) groups excluding carboxylic acids is 1. The lowest BCUT2D eigenvalue weighted by Gasteiger charge is -2.35. The standard InChI is InChI=1S/C17H17N7O/c18-5-3-15(25)21-11-2-1-7-24(10-11)14-9-19-8-13-16(14)12-4-6-20-17(12)23-22-13/h4,6,8-9,11H,1-3,7,10H2,(H,20,23)(H,21,25). The van der Waals surface area contributed by atoms with Crippen molar-refractivity contribution < 1.29 is 4.79 Å². The molecule has 1 unspecified atom stereocenters. The highest BCUT2D eigenvalue weighted by molar-refractivity contribution is 6.09. The summed E-state index contributed by atoms with van der Waals surface area (Å²) < 4.78 is 0. The normalized spacial score (nSPS) is 17.6. The van der Waals surface area contributed by atoms with E-state index in [1.807, 2.05) is 24.5 Å². The Balaban J connectivity index is 1.68. The van der Waals surface area contributed by atoms with Crippen molar-refractivity contribution in [1.29, 1.82) is 5.26 Å². The van der Waals surface area contributed by atoms with Crippen LogP contribution < -0.4 is 10.2 Å². The lowest BCUT2D eigenvalue weighted by molar-refractivity contribution is -0.120. The van der Waals surface area contributed by atoms with Gasteiger partial charge in [-0.05, 0) is 18.9 Å². The van der Waals surface area contributed by atoms with E-state index in [9.17, 15) is 4.79 Å². The second-order valence-corrected chi connectivity index (χ2v) is 6.18. The van der Waals surface area contributed by atoms with Crippen LogP contribution >= 0.6 is 0 Å². The van der Waals surface area contributed by atoms with Crippen molar-refractivity contribution in [2.45, 2.75) is 25.3 Å². The summed E-state index contributed by atoms with van der Waals surface area (Å²) >= 11 is 0. The number of anilines is 1. The second-order valence-electron chi connectivity index (χ2n) is 6.18. The molecule has 126 valence electrons. The Hall–Kier alpha value is -3.21. The monoisotopic (exact) mass is 335 g/mol. The van der Waals surface area contributed by atoms with Crippen LogP contribution in [0.3, 0.4) is 0 Å². The number of nitrogens with zero attached hydrogens (tertiary/aromatic N) is 5. The molecule has 1 saturated heterocycles. The number of aromatic amines is 1. The van der Waals surface area contributed by atoms with E-state index in [2.05, 4.69) is 30.4 Å². The van der Waals surface area contributed by atoms with Gasteiger partial charge in [0.25, 0.3) is 0 Å². The number of H-pyrrole nitrogens is 1. The van der Waals surface area contributed by atoms with Crippen LogP contribution in [0.1, 0.15) is 19.3 Å². The maximum Gasteiger partial charge on any atom is 0.234 e. The number of amides is 1. The molecule has 2 N–H and O–H groups in total. The third-order valence-electron chi connectivity index (χ3n) is 4.52. The molecular weight excluding hydrogens is 318 g/mol. The molecule has 0 radical (unpaired) electrons. The lowest BCUT2D eigenvalue weighted by atomic mass is 10.0. The Bertz CT molecular complexity index is 974. The van der Waals surface area contributed by atoms with E-state index in [1.54, 1.807) is 6.20 Å². The van der Waals surface area contributed by atoms with Crippen molar-refractivity contribution in [3.05, 3.63) is 24.7 Å². The minimum atomic E-state index is -0.218. The molecule has 1 aliphatic heterocycles. The van der Waals surface area contributed by atoms with Crippen LogP contribution in [0.2, 0.25) is 0 Å². The summed E-state index contributed by atoms with van der Waals surface area (Å²) in [6.45, 7) is 1.58. The third-order valence-corrected chi connectivity index (χ3v) is 4.52. The summed E-state index contributed by atoms with van der Waals surface area (Å²) in [4.78, 5) is 21.3. The molecule has 0 aromatic carbocycles. The van der Waals surface area contributed by atoms with Gasteiger partial charge in [0.2, 0.25) is 5.91 Å². The number of fused-ring (bicyclic) bond motifs is 3. The maximum atomic E-state index is 11.7. The zero-order chi connectivity index (χ0) is 17.2. The van der Waals surface area contributed by atoms with Crippen molar-refractivity contribution in [2.24, 2.45) is 0 Å². The van der Waals surface area contributed by atoms with Gasteiger partial charge in [-0.1, -0.05) is 0 Å². The van der Waals surface area contributed by atoms with Gasteiger partial charge in [0.05, 0.1) is 24.2 Å². The van der Waals surface area contributed by atoms with E-state index < -0.39 is 0 Å². The predicted octanol–water partition coefficient (Wildman–Crippen LogP) is 1.50. The zero-order valence-electron chi connectivity index (χ0n) is 13.6. The average molecular weight is 335 g/mol. The molecule has 25 heavy (non-hydrogen) atoms. The van der Waals surface area contributed by atoms with E-state index in [0.29, 0.717) is 6.54 Å². The van der Waals surface area contributed by atoms with Crippen LogP contribution in [-0.2, 0) is 4.79 Å². The summed E-state index contributed by atoms with van der Waals surface area (Å²) in [6.07, 6.45) is 7.17. The fourth-order valence-corrected chi connectivity index (χ4v) is 3.44. The Morgan fingerprint density at radius 3 is 3.24 bits per heavy atom. The summed E-state index contributed by atoms with van der Waals surface area (Å²) in [6, 6.07) is 3.91. The van der Waals surface area contributed by atoms with E-state index in [-0.39, 0.29) is 18.4 Å². The summed E-state index contributed by atoms with van der Waals surface area (Å²) in [5, 5.41) is 22.1. The van der Waals surface area contributed by atoms with Crippen molar-refractivity contribution in [3.8, 4) is 6.07 Å². The van der Waals surface area contributed by atoms with Crippen molar-refractivity contribution >= 4 is 33.5 Å². The molecule has 4 heterocycles. The molecule has 0 spiro atoms. The Kier molecular flexibility index (Phi) is 3.90. The zero-order valence-corrected chi connectivity index (χ0v) is 13.6. The van der Waals surface area contributed by atoms with Gasteiger partial charge >= 0.3 is 0 Å². The van der Waals surface area contributed by atoms with Crippen molar-refractivity contribution in [1.82, 2.24) is 25.5 Å². The van der Waals surface area contributed by atoms with Gasteiger partial charge in [0.1, 0.15) is 11.9 Å². The molecule has 1 fully saturated rings. The number of pyridine rings is 1. The molecule has 1 atom stereocenters. The Morgan fingerprint density at radius 1 is 1.44 bits per heavy atom. The number of nitrogens with one attached hydrogen (secondary N) is 2. The molecule has 3 aromatic rings. The van der Waals surface area contributed by atoms with E-state index in [4.69, 9.17) is 5.26 Å². The fourth-order valence-electron chi connectivity index (χ4n) is 3.44. The number of nitriles is 1. The van der Waals surface area contributed by atoms with Crippen LogP contribution in [0.5, 0.6) is 0 Å². The van der Waals surface area contributed by atoms with Gasteiger partial charge in [-0.3, -0.25) is 9.78 Å². The Morgan fingerprint density at radius 2 is 2.36 bits per heavy atom. The average Bonchev–Trinajstić information content (AvgIpc) is 3.10. The van der Waals surface area contributed by atoms with Gasteiger partial charge in [-0.2, -0.15) is 5.26 Å². The van der Waals surface area contributed by atoms with Crippen LogP contribution in [0.15, 0.2) is 24.7 Å². The molecule has 3 aromatic heterocycles. The molecule has 0 bridgehead atoms. The highest BCUT2D eigenvalue weighted by atomic mass is 16.1. The SMILES string of the molecule is N#CCC(=O)NC1CCCN(c2cncc3nnc4[nH]ccc4c23)C1. The summed E-state index contributed by atoms with van der Waals surface area (Å²) in [5.41, 5.74) is 2.49. The van der Waals surface area contributed by atoms with Crippen molar-refractivity contribution in [2.75, 3.05) is 18.0 Å². The largest absolute Gasteiger partial charge is 0.368 e. The van der Waals surface area contributed by atoms with Crippen LogP contribution in [0, 0.1) is 11.3 Å². The minimum absolute atomic E-state index is 0.0290. The predicted molar refractivity (Wildman–Crippen MR) is 92.8 cm³/mol. The smallest absolute Gasteiger partial charge is 0.234 e. The van der Waals surface area contributed by atoms with Gasteiger partial charge in [0, 0.05) is 36.1 Å². The number of aromatic nitrogens is 4. The quantitative estimate of drug-likeness (QED) is 0.750. The first-order valence-electron chi connectivity index (χ1n) is 8.25.